The van der Waals surface area contributed by atoms with E-state index in [1.165, 1.54) is 11.3 Å². The van der Waals surface area contributed by atoms with E-state index in [2.05, 4.69) is 4.99 Å². The molecule has 8 heteroatoms. The summed E-state index contributed by atoms with van der Waals surface area (Å²) in [5.41, 5.74) is 2.46. The highest BCUT2D eigenvalue weighted by Gasteiger charge is 2.33. The third kappa shape index (κ3) is 4.74. The minimum atomic E-state index is -0.614. The van der Waals surface area contributed by atoms with Crippen molar-refractivity contribution in [3.63, 3.8) is 0 Å². The van der Waals surface area contributed by atoms with Gasteiger partial charge in [0.15, 0.2) is 4.80 Å². The van der Waals surface area contributed by atoms with Crippen LogP contribution < -0.4 is 19.6 Å². The Hall–Kier alpha value is -3.10. The monoisotopic (exact) mass is 494 g/mol. The number of carbonyl (C=O) groups excluding carboxylic acids is 1. The molecule has 34 heavy (non-hydrogen) atoms. The molecule has 2 heterocycles. The van der Waals surface area contributed by atoms with E-state index < -0.39 is 12.0 Å². The van der Waals surface area contributed by atoms with Gasteiger partial charge >= 0.3 is 5.97 Å². The van der Waals surface area contributed by atoms with Crippen LogP contribution in [-0.2, 0) is 9.53 Å². The molecule has 0 saturated carbocycles. The Balaban J connectivity index is 1.90. The first kappa shape index (κ1) is 24.0. The maximum atomic E-state index is 13.6. The number of thioether (sulfide) groups is 1. The summed E-state index contributed by atoms with van der Waals surface area (Å²) >= 11 is 2.95. The molecule has 0 fully saturated rings. The van der Waals surface area contributed by atoms with Gasteiger partial charge < -0.3 is 9.47 Å². The maximum absolute atomic E-state index is 13.6. The molecule has 1 atom stereocenters. The van der Waals surface area contributed by atoms with E-state index in [-0.39, 0.29) is 11.7 Å². The van der Waals surface area contributed by atoms with Crippen molar-refractivity contribution in [2.24, 2.45) is 4.99 Å². The zero-order chi connectivity index (χ0) is 24.4. The van der Waals surface area contributed by atoms with Crippen LogP contribution in [-0.4, -0.2) is 30.0 Å². The zero-order valence-corrected chi connectivity index (χ0v) is 21.3. The predicted molar refractivity (Wildman–Crippen MR) is 136 cm³/mol. The van der Waals surface area contributed by atoms with Crippen molar-refractivity contribution in [1.29, 1.82) is 0 Å². The molecule has 0 unspecified atom stereocenters. The van der Waals surface area contributed by atoms with Crippen LogP contribution in [0.5, 0.6) is 5.75 Å². The van der Waals surface area contributed by atoms with Crippen molar-refractivity contribution in [2.75, 3.05) is 13.4 Å². The number of methoxy groups -OCH3 is 1. The quantitative estimate of drug-likeness (QED) is 0.384. The summed E-state index contributed by atoms with van der Waals surface area (Å²) in [6.07, 6.45) is 3.56. The summed E-state index contributed by atoms with van der Waals surface area (Å²) in [6.45, 7) is 5.40. The Kier molecular flexibility index (Phi) is 7.09. The van der Waals surface area contributed by atoms with Crippen molar-refractivity contribution < 1.29 is 14.3 Å². The minimum absolute atomic E-state index is 0.194. The summed E-state index contributed by atoms with van der Waals surface area (Å²) in [5, 5.41) is 0. The largest absolute Gasteiger partial charge is 0.497 e. The number of ether oxygens (including phenoxy) is 2. The highest BCUT2D eigenvalue weighted by Crippen LogP contribution is 2.32. The number of allylic oxidation sites excluding steroid dienone is 1. The fourth-order valence-corrected chi connectivity index (χ4v) is 5.27. The number of thiazole rings is 1. The van der Waals surface area contributed by atoms with Gasteiger partial charge in [-0.1, -0.05) is 35.6 Å². The van der Waals surface area contributed by atoms with E-state index in [4.69, 9.17) is 9.47 Å². The Bertz CT molecular complexity index is 1420. The van der Waals surface area contributed by atoms with Gasteiger partial charge in [-0.2, -0.15) is 0 Å². The normalized spacial score (nSPS) is 15.8. The Morgan fingerprint density at radius 3 is 2.41 bits per heavy atom. The van der Waals surface area contributed by atoms with E-state index >= 15 is 0 Å². The molecule has 0 amide bonds. The fraction of sp³-hybridized carbons (Fsp3) is 0.269. The molecule has 1 aliphatic rings. The van der Waals surface area contributed by atoms with Crippen molar-refractivity contribution in [2.45, 2.75) is 37.8 Å². The van der Waals surface area contributed by atoms with Crippen LogP contribution in [0.4, 0.5) is 0 Å². The number of aromatic nitrogens is 1. The second kappa shape index (κ2) is 10.0. The first-order chi connectivity index (χ1) is 16.3. The Morgan fingerprint density at radius 2 is 1.82 bits per heavy atom. The zero-order valence-electron chi connectivity index (χ0n) is 19.7. The average molecular weight is 495 g/mol. The van der Waals surface area contributed by atoms with Gasteiger partial charge in [0, 0.05) is 4.90 Å². The number of fused-ring (bicyclic) bond motifs is 1. The molecule has 1 aliphatic heterocycles. The lowest BCUT2D eigenvalue weighted by molar-refractivity contribution is -0.143. The molecule has 0 aliphatic carbocycles. The summed E-state index contributed by atoms with van der Waals surface area (Å²) in [7, 11) is 1.61. The van der Waals surface area contributed by atoms with Crippen LogP contribution in [0, 0.1) is 0 Å². The van der Waals surface area contributed by atoms with E-state index in [1.807, 2.05) is 60.9 Å². The van der Waals surface area contributed by atoms with Crippen molar-refractivity contribution in [3.8, 4) is 5.75 Å². The molecule has 1 aromatic heterocycles. The van der Waals surface area contributed by atoms with Gasteiger partial charge in [0.05, 0.1) is 35.1 Å². The van der Waals surface area contributed by atoms with E-state index in [0.29, 0.717) is 20.6 Å². The second-order valence-corrected chi connectivity index (χ2v) is 9.97. The fourth-order valence-electron chi connectivity index (χ4n) is 3.81. The maximum Gasteiger partial charge on any atom is 0.338 e. The van der Waals surface area contributed by atoms with Crippen LogP contribution in [0.2, 0.25) is 0 Å². The molecule has 6 nitrogen and oxygen atoms in total. The molecule has 4 rings (SSSR count). The third-order valence-electron chi connectivity index (χ3n) is 5.43. The van der Waals surface area contributed by atoms with E-state index in [9.17, 15) is 9.59 Å². The van der Waals surface area contributed by atoms with E-state index in [1.54, 1.807) is 44.2 Å². The molecule has 0 N–H and O–H groups in total. The minimum Gasteiger partial charge on any atom is -0.497 e. The van der Waals surface area contributed by atoms with Crippen LogP contribution >= 0.6 is 23.1 Å². The molecular formula is C26H26N2O4S2. The summed E-state index contributed by atoms with van der Waals surface area (Å²) in [5.74, 6) is 0.288. The number of nitrogens with zero attached hydrogens (tertiary/aromatic N) is 2. The smallest absolute Gasteiger partial charge is 0.338 e. The Labute approximate surface area is 206 Å². The van der Waals surface area contributed by atoms with Gasteiger partial charge in [0.25, 0.3) is 5.56 Å². The van der Waals surface area contributed by atoms with Crippen LogP contribution in [0.15, 0.2) is 74.5 Å². The van der Waals surface area contributed by atoms with Crippen molar-refractivity contribution >= 4 is 35.1 Å². The van der Waals surface area contributed by atoms with Crippen molar-refractivity contribution in [1.82, 2.24) is 4.57 Å². The standard InChI is InChI=1S/C26H26N2O4S2/c1-15(2)32-25(30)22-16(3)27-26-28(23(22)18-8-12-20(33-5)13-9-18)24(29)21(34-26)14-17-6-10-19(31-4)11-7-17/h6-15,23H,1-5H3/b21-14-/t23-/m1/s1. The molecule has 0 saturated heterocycles. The summed E-state index contributed by atoms with van der Waals surface area (Å²) in [6, 6.07) is 14.8. The topological polar surface area (TPSA) is 69.9 Å². The number of esters is 1. The number of hydrogen-bond acceptors (Lipinski definition) is 7. The first-order valence-corrected chi connectivity index (χ1v) is 12.9. The number of carbonyl (C=O) groups is 1. The van der Waals surface area contributed by atoms with Gasteiger partial charge in [-0.3, -0.25) is 9.36 Å². The van der Waals surface area contributed by atoms with Gasteiger partial charge in [-0.05, 0) is 68.5 Å². The van der Waals surface area contributed by atoms with Gasteiger partial charge in [0.2, 0.25) is 0 Å². The third-order valence-corrected chi connectivity index (χ3v) is 7.16. The first-order valence-electron chi connectivity index (χ1n) is 10.8. The average Bonchev–Trinajstić information content (AvgIpc) is 3.12. The lowest BCUT2D eigenvalue weighted by atomic mass is 9.96. The number of benzene rings is 2. The molecule has 0 spiro atoms. The highest BCUT2D eigenvalue weighted by molar-refractivity contribution is 7.98. The van der Waals surface area contributed by atoms with E-state index in [0.717, 1.165) is 21.8 Å². The van der Waals surface area contributed by atoms with Crippen LogP contribution in [0.1, 0.15) is 37.9 Å². The molecule has 0 radical (unpaired) electrons. The second-order valence-electron chi connectivity index (χ2n) is 8.08. The van der Waals surface area contributed by atoms with Crippen molar-refractivity contribution in [3.05, 3.63) is 90.6 Å². The van der Waals surface area contributed by atoms with Gasteiger partial charge in [-0.15, -0.1) is 11.8 Å². The molecular weight excluding hydrogens is 468 g/mol. The molecule has 176 valence electrons. The highest BCUT2D eigenvalue weighted by atomic mass is 32.2. The SMILES string of the molecule is COc1ccc(/C=c2\sc3n(c2=O)[C@H](c2ccc(SC)cc2)C(C(=O)OC(C)C)=C(C)N=3)cc1. The summed E-state index contributed by atoms with van der Waals surface area (Å²) < 4.78 is 12.9. The molecule has 0 bridgehead atoms. The van der Waals surface area contributed by atoms with Gasteiger partial charge in [0.1, 0.15) is 5.75 Å². The molecule has 2 aromatic carbocycles. The lowest BCUT2D eigenvalue weighted by Crippen LogP contribution is -2.40. The van der Waals surface area contributed by atoms with Gasteiger partial charge in [-0.25, -0.2) is 9.79 Å². The summed E-state index contributed by atoms with van der Waals surface area (Å²) in [4.78, 5) is 33.0. The predicted octanol–water partition coefficient (Wildman–Crippen LogP) is 3.92. The van der Waals surface area contributed by atoms with Crippen LogP contribution in [0.25, 0.3) is 6.08 Å². The number of rotatable bonds is 6. The molecule has 3 aromatic rings. The lowest BCUT2D eigenvalue weighted by Gasteiger charge is -2.25. The Morgan fingerprint density at radius 1 is 1.15 bits per heavy atom. The number of hydrogen-bond donors (Lipinski definition) is 0. The van der Waals surface area contributed by atoms with Crippen LogP contribution in [0.3, 0.4) is 0 Å².